The van der Waals surface area contributed by atoms with Crippen molar-refractivity contribution >= 4 is 0 Å². The number of hydrogen-bond acceptors (Lipinski definition) is 3. The maximum atomic E-state index is 5.75. The van der Waals surface area contributed by atoms with Gasteiger partial charge in [0.05, 0.1) is 6.61 Å². The second-order valence-electron chi connectivity index (χ2n) is 5.55. The van der Waals surface area contributed by atoms with Gasteiger partial charge in [0.15, 0.2) is 0 Å². The molecule has 1 aromatic heterocycles. The van der Waals surface area contributed by atoms with Crippen molar-refractivity contribution < 1.29 is 9.15 Å². The van der Waals surface area contributed by atoms with Crippen molar-refractivity contribution in [2.45, 2.75) is 26.7 Å². The molecule has 3 nitrogen and oxygen atoms in total. The van der Waals surface area contributed by atoms with E-state index in [1.807, 2.05) is 6.92 Å². The molecule has 1 aliphatic rings. The third-order valence-electron chi connectivity index (χ3n) is 3.97. The normalized spacial score (nSPS) is 26.1. The van der Waals surface area contributed by atoms with Crippen molar-refractivity contribution in [3.05, 3.63) is 23.7 Å². The van der Waals surface area contributed by atoms with Crippen molar-refractivity contribution in [1.29, 1.82) is 0 Å². The maximum Gasteiger partial charge on any atom is 0.108 e. The fourth-order valence-electron chi connectivity index (χ4n) is 2.74. The van der Waals surface area contributed by atoms with Crippen LogP contribution in [0.15, 0.2) is 16.5 Å². The summed E-state index contributed by atoms with van der Waals surface area (Å²) in [5.74, 6) is 3.39. The Hall–Kier alpha value is -0.800. The highest BCUT2D eigenvalue weighted by molar-refractivity contribution is 5.25. The molecular formula is C14H23NO2. The predicted molar refractivity (Wildman–Crippen MR) is 68.2 cm³/mol. The van der Waals surface area contributed by atoms with Crippen LogP contribution in [0.4, 0.5) is 0 Å². The number of ether oxygens (including phenoxy) is 1. The van der Waals surface area contributed by atoms with E-state index >= 15 is 0 Å². The molecule has 1 aliphatic carbocycles. The fourth-order valence-corrected chi connectivity index (χ4v) is 2.74. The SMILES string of the molecule is COCCNCC1C(c2ccc(C)o2)C1(C)C. The third kappa shape index (κ3) is 2.55. The summed E-state index contributed by atoms with van der Waals surface area (Å²) in [5.41, 5.74) is 0.352. The van der Waals surface area contributed by atoms with Crippen LogP contribution in [0.3, 0.4) is 0 Å². The largest absolute Gasteiger partial charge is 0.466 e. The van der Waals surface area contributed by atoms with Gasteiger partial charge in [-0.25, -0.2) is 0 Å². The minimum atomic E-state index is 0.352. The molecule has 2 unspecified atom stereocenters. The summed E-state index contributed by atoms with van der Waals surface area (Å²) < 4.78 is 10.8. The minimum absolute atomic E-state index is 0.352. The van der Waals surface area contributed by atoms with Crippen LogP contribution in [-0.2, 0) is 4.74 Å². The molecule has 0 amide bonds. The van der Waals surface area contributed by atoms with Gasteiger partial charge >= 0.3 is 0 Å². The van der Waals surface area contributed by atoms with E-state index in [1.54, 1.807) is 7.11 Å². The smallest absolute Gasteiger partial charge is 0.108 e. The minimum Gasteiger partial charge on any atom is -0.466 e. The van der Waals surface area contributed by atoms with Gasteiger partial charge < -0.3 is 14.5 Å². The second kappa shape index (κ2) is 4.83. The monoisotopic (exact) mass is 237 g/mol. The van der Waals surface area contributed by atoms with Crippen LogP contribution in [0.2, 0.25) is 0 Å². The van der Waals surface area contributed by atoms with Gasteiger partial charge in [-0.3, -0.25) is 0 Å². The molecule has 1 fully saturated rings. The molecule has 0 saturated heterocycles. The summed E-state index contributed by atoms with van der Waals surface area (Å²) in [4.78, 5) is 0. The molecule has 2 rings (SSSR count). The van der Waals surface area contributed by atoms with Gasteiger partial charge in [-0.1, -0.05) is 13.8 Å². The molecule has 0 bridgehead atoms. The lowest BCUT2D eigenvalue weighted by molar-refractivity contribution is 0.198. The quantitative estimate of drug-likeness (QED) is 0.772. The Morgan fingerprint density at radius 1 is 1.41 bits per heavy atom. The van der Waals surface area contributed by atoms with Crippen LogP contribution >= 0.6 is 0 Å². The van der Waals surface area contributed by atoms with E-state index in [4.69, 9.17) is 9.15 Å². The van der Waals surface area contributed by atoms with Crippen molar-refractivity contribution in [3.63, 3.8) is 0 Å². The summed E-state index contributed by atoms with van der Waals surface area (Å²) in [6.07, 6.45) is 0. The molecule has 3 heteroatoms. The van der Waals surface area contributed by atoms with Crippen LogP contribution in [0, 0.1) is 18.3 Å². The third-order valence-corrected chi connectivity index (χ3v) is 3.97. The van der Waals surface area contributed by atoms with Crippen molar-refractivity contribution in [1.82, 2.24) is 5.32 Å². The molecule has 1 saturated carbocycles. The number of furan rings is 1. The van der Waals surface area contributed by atoms with Crippen molar-refractivity contribution in [2.75, 3.05) is 26.8 Å². The van der Waals surface area contributed by atoms with E-state index in [9.17, 15) is 0 Å². The summed E-state index contributed by atoms with van der Waals surface area (Å²) in [5, 5.41) is 3.44. The van der Waals surface area contributed by atoms with Crippen LogP contribution in [-0.4, -0.2) is 26.8 Å². The van der Waals surface area contributed by atoms with E-state index in [1.165, 1.54) is 0 Å². The van der Waals surface area contributed by atoms with E-state index in [0.29, 0.717) is 17.3 Å². The van der Waals surface area contributed by atoms with Crippen LogP contribution in [0.1, 0.15) is 31.3 Å². The molecule has 1 heterocycles. The first kappa shape index (κ1) is 12.7. The Morgan fingerprint density at radius 2 is 2.18 bits per heavy atom. The maximum absolute atomic E-state index is 5.75. The lowest BCUT2D eigenvalue weighted by atomic mass is 10.1. The fraction of sp³-hybridized carbons (Fsp3) is 0.714. The van der Waals surface area contributed by atoms with Crippen LogP contribution in [0.25, 0.3) is 0 Å². The van der Waals surface area contributed by atoms with Crippen molar-refractivity contribution in [3.8, 4) is 0 Å². The van der Waals surface area contributed by atoms with Gasteiger partial charge in [0, 0.05) is 19.6 Å². The Labute approximate surface area is 104 Å². The highest BCUT2D eigenvalue weighted by Gasteiger charge is 2.59. The predicted octanol–water partition coefficient (Wildman–Crippen LogP) is 2.56. The molecule has 1 aromatic rings. The Bertz CT molecular complexity index is 370. The van der Waals surface area contributed by atoms with Crippen molar-refractivity contribution in [2.24, 2.45) is 11.3 Å². The molecule has 1 N–H and O–H groups in total. The van der Waals surface area contributed by atoms with Gasteiger partial charge in [-0.05, 0) is 36.9 Å². The molecule has 0 radical (unpaired) electrons. The number of nitrogens with one attached hydrogen (secondary N) is 1. The first-order valence-electron chi connectivity index (χ1n) is 6.33. The lowest BCUT2D eigenvalue weighted by Crippen LogP contribution is -2.22. The second-order valence-corrected chi connectivity index (χ2v) is 5.55. The summed E-state index contributed by atoms with van der Waals surface area (Å²) >= 11 is 0. The first-order chi connectivity index (χ1) is 8.07. The molecule has 2 atom stereocenters. The first-order valence-corrected chi connectivity index (χ1v) is 6.33. The van der Waals surface area contributed by atoms with Crippen LogP contribution < -0.4 is 5.32 Å². The molecule has 0 spiro atoms. The molecule has 17 heavy (non-hydrogen) atoms. The van der Waals surface area contributed by atoms with Gasteiger partial charge in [0.2, 0.25) is 0 Å². The Balaban J connectivity index is 1.88. The van der Waals surface area contributed by atoms with E-state index < -0.39 is 0 Å². The van der Waals surface area contributed by atoms with Gasteiger partial charge in [-0.15, -0.1) is 0 Å². The highest BCUT2D eigenvalue weighted by atomic mass is 16.5. The summed E-state index contributed by atoms with van der Waals surface area (Å²) in [6.45, 7) is 9.38. The molecule has 96 valence electrons. The highest BCUT2D eigenvalue weighted by Crippen LogP contribution is 2.64. The summed E-state index contributed by atoms with van der Waals surface area (Å²) in [6, 6.07) is 4.18. The zero-order chi connectivity index (χ0) is 12.5. The van der Waals surface area contributed by atoms with E-state index in [-0.39, 0.29) is 0 Å². The zero-order valence-corrected chi connectivity index (χ0v) is 11.2. The average Bonchev–Trinajstić information content (AvgIpc) is 2.60. The standard InChI is InChI=1S/C14H23NO2/c1-10-5-6-12(17-10)13-11(14(13,2)3)9-15-7-8-16-4/h5-6,11,13,15H,7-9H2,1-4H3. The van der Waals surface area contributed by atoms with Crippen LogP contribution in [0.5, 0.6) is 0 Å². The summed E-state index contributed by atoms with van der Waals surface area (Å²) in [7, 11) is 1.73. The number of hydrogen-bond donors (Lipinski definition) is 1. The lowest BCUT2D eigenvalue weighted by Gasteiger charge is -2.04. The number of methoxy groups -OCH3 is 1. The Morgan fingerprint density at radius 3 is 2.76 bits per heavy atom. The van der Waals surface area contributed by atoms with E-state index in [2.05, 4.69) is 31.3 Å². The van der Waals surface area contributed by atoms with Gasteiger partial charge in [0.25, 0.3) is 0 Å². The average molecular weight is 237 g/mol. The topological polar surface area (TPSA) is 34.4 Å². The zero-order valence-electron chi connectivity index (χ0n) is 11.2. The number of aryl methyl sites for hydroxylation is 1. The number of rotatable bonds is 6. The van der Waals surface area contributed by atoms with Gasteiger partial charge in [-0.2, -0.15) is 0 Å². The van der Waals surface area contributed by atoms with E-state index in [0.717, 1.165) is 31.2 Å². The molecule has 0 aliphatic heterocycles. The molecular weight excluding hydrogens is 214 g/mol. The van der Waals surface area contributed by atoms with Gasteiger partial charge in [0.1, 0.15) is 11.5 Å². The molecule has 0 aromatic carbocycles. The Kier molecular flexibility index (Phi) is 3.59.